The zero-order valence-electron chi connectivity index (χ0n) is 23.9. The summed E-state index contributed by atoms with van der Waals surface area (Å²) in [4.78, 5) is 23.8. The van der Waals surface area contributed by atoms with Gasteiger partial charge in [-0.15, -0.1) is 0 Å². The zero-order valence-corrected chi connectivity index (χ0v) is 23.9. The maximum absolute atomic E-state index is 12.8. The molecule has 0 aliphatic rings. The summed E-state index contributed by atoms with van der Waals surface area (Å²) < 4.78 is 29.0. The molecule has 218 valence electrons. The second-order valence-corrected chi connectivity index (χ2v) is 9.58. The van der Waals surface area contributed by atoms with Crippen molar-refractivity contribution in [1.82, 2.24) is 0 Å². The molecule has 4 aromatic carbocycles. The quantitative estimate of drug-likeness (QED) is 0.168. The number of hydrogen-bond donors (Lipinski definition) is 1. The van der Waals surface area contributed by atoms with Crippen LogP contribution in [0.5, 0.6) is 23.0 Å². The Kier molecular flexibility index (Phi) is 10.4. The summed E-state index contributed by atoms with van der Waals surface area (Å²) >= 11 is 0. The average Bonchev–Trinajstić information content (AvgIpc) is 2.98. The number of carbonyl (C=O) groups is 2. The molecule has 0 atom stereocenters. The van der Waals surface area contributed by atoms with Gasteiger partial charge in [0.1, 0.15) is 48.4 Å². The van der Waals surface area contributed by atoms with Gasteiger partial charge in [0.05, 0.1) is 6.61 Å². The lowest BCUT2D eigenvalue weighted by Gasteiger charge is -2.16. The van der Waals surface area contributed by atoms with Gasteiger partial charge in [-0.2, -0.15) is 0 Å². The Morgan fingerprint density at radius 3 is 2.17 bits per heavy atom. The Bertz CT molecular complexity index is 1510. The number of carboxylic acid groups (broad SMARTS) is 1. The number of carbonyl (C=O) groups excluding carboxylic acids is 1. The Morgan fingerprint density at radius 2 is 1.40 bits per heavy atom. The van der Waals surface area contributed by atoms with E-state index in [4.69, 9.17) is 28.8 Å². The van der Waals surface area contributed by atoms with Crippen LogP contribution in [0.2, 0.25) is 0 Å². The highest BCUT2D eigenvalue weighted by Crippen LogP contribution is 2.31. The Hall–Kier alpha value is -4.98. The Morgan fingerprint density at radius 1 is 0.690 bits per heavy atom. The number of aliphatic carboxylic acids is 1. The molecule has 0 aliphatic carbocycles. The van der Waals surface area contributed by atoms with Crippen LogP contribution in [0.25, 0.3) is 0 Å². The molecule has 4 rings (SSSR count). The van der Waals surface area contributed by atoms with Gasteiger partial charge in [-0.3, -0.25) is 0 Å². The molecule has 0 aliphatic heterocycles. The molecular formula is C34H34O8. The van der Waals surface area contributed by atoms with Crippen LogP contribution in [0.1, 0.15) is 45.1 Å². The molecule has 0 unspecified atom stereocenters. The molecule has 0 bridgehead atoms. The van der Waals surface area contributed by atoms with Gasteiger partial charge < -0.3 is 28.8 Å². The van der Waals surface area contributed by atoms with E-state index >= 15 is 0 Å². The first-order valence-electron chi connectivity index (χ1n) is 13.6. The molecule has 42 heavy (non-hydrogen) atoms. The first-order chi connectivity index (χ1) is 20.3. The standard InChI is InChI=1S/C34H34O8/c1-4-38-34(37)32-24(3)16-29(39-19-25-11-6-5-7-12-25)18-30(32)41-20-26-13-9-15-28(17-26)40-21-27-14-8-10-23(2)33(27)42-22-31(35)36/h5-18H,4,19-22H2,1-3H3,(H,35,36). The van der Waals surface area contributed by atoms with Crippen molar-refractivity contribution in [2.75, 3.05) is 13.2 Å². The van der Waals surface area contributed by atoms with Crippen LogP contribution in [0.3, 0.4) is 0 Å². The lowest BCUT2D eigenvalue weighted by atomic mass is 10.1. The second kappa shape index (κ2) is 14.6. The topological polar surface area (TPSA) is 101 Å². The van der Waals surface area contributed by atoms with Gasteiger partial charge in [0.2, 0.25) is 0 Å². The van der Waals surface area contributed by atoms with E-state index < -0.39 is 18.5 Å². The molecule has 1 N–H and O–H groups in total. The van der Waals surface area contributed by atoms with Crippen LogP contribution in [-0.4, -0.2) is 30.3 Å². The van der Waals surface area contributed by atoms with Crippen LogP contribution in [0.15, 0.2) is 84.9 Å². The predicted molar refractivity (Wildman–Crippen MR) is 157 cm³/mol. The van der Waals surface area contributed by atoms with E-state index in [0.29, 0.717) is 40.7 Å². The largest absolute Gasteiger partial charge is 0.489 e. The van der Waals surface area contributed by atoms with Crippen LogP contribution in [0.4, 0.5) is 0 Å². The van der Waals surface area contributed by atoms with E-state index in [9.17, 15) is 9.59 Å². The van der Waals surface area contributed by atoms with Crippen LogP contribution in [0, 0.1) is 13.8 Å². The summed E-state index contributed by atoms with van der Waals surface area (Å²) in [7, 11) is 0. The molecule has 8 heteroatoms. The average molecular weight is 571 g/mol. The van der Waals surface area contributed by atoms with Gasteiger partial charge in [-0.25, -0.2) is 9.59 Å². The van der Waals surface area contributed by atoms with E-state index in [0.717, 1.165) is 22.3 Å². The van der Waals surface area contributed by atoms with Gasteiger partial charge in [0, 0.05) is 11.6 Å². The summed E-state index contributed by atoms with van der Waals surface area (Å²) in [6, 6.07) is 26.3. The third-order valence-electron chi connectivity index (χ3n) is 6.32. The number of rotatable bonds is 14. The fourth-order valence-electron chi connectivity index (χ4n) is 4.34. The number of benzene rings is 4. The van der Waals surface area contributed by atoms with E-state index in [2.05, 4.69) is 0 Å². The molecule has 0 heterocycles. The number of hydrogen-bond acceptors (Lipinski definition) is 7. The third kappa shape index (κ3) is 8.27. The van der Waals surface area contributed by atoms with Gasteiger partial charge >= 0.3 is 11.9 Å². The molecule has 0 radical (unpaired) electrons. The minimum Gasteiger partial charge on any atom is -0.489 e. The monoisotopic (exact) mass is 570 g/mol. The van der Waals surface area contributed by atoms with Gasteiger partial charge in [-0.1, -0.05) is 60.7 Å². The number of ether oxygens (including phenoxy) is 5. The Balaban J connectivity index is 1.48. The van der Waals surface area contributed by atoms with Crippen molar-refractivity contribution in [3.8, 4) is 23.0 Å². The minimum atomic E-state index is -1.05. The van der Waals surface area contributed by atoms with Crippen molar-refractivity contribution >= 4 is 11.9 Å². The SMILES string of the molecule is CCOC(=O)c1c(C)cc(OCc2ccccc2)cc1OCc1cccc(OCc2cccc(C)c2OCC(=O)O)c1. The smallest absolute Gasteiger partial charge is 0.342 e. The van der Waals surface area contributed by atoms with Gasteiger partial charge in [-0.05, 0) is 61.2 Å². The summed E-state index contributed by atoms with van der Waals surface area (Å²) in [5, 5.41) is 9.01. The highest BCUT2D eigenvalue weighted by Gasteiger charge is 2.19. The summed E-state index contributed by atoms with van der Waals surface area (Å²) in [6.07, 6.45) is 0. The third-order valence-corrected chi connectivity index (χ3v) is 6.32. The number of esters is 1. The zero-order chi connectivity index (χ0) is 29.9. The highest BCUT2D eigenvalue weighted by molar-refractivity contribution is 5.94. The maximum atomic E-state index is 12.8. The molecular weight excluding hydrogens is 536 g/mol. The number of aryl methyl sites for hydroxylation is 2. The van der Waals surface area contributed by atoms with E-state index in [1.54, 1.807) is 19.1 Å². The van der Waals surface area contributed by atoms with E-state index in [-0.39, 0.29) is 19.8 Å². The highest BCUT2D eigenvalue weighted by atomic mass is 16.5. The second-order valence-electron chi connectivity index (χ2n) is 9.58. The Labute approximate surface area is 245 Å². The van der Waals surface area contributed by atoms with Crippen LogP contribution < -0.4 is 18.9 Å². The summed E-state index contributed by atoms with van der Waals surface area (Å²) in [6.45, 7) is 5.98. The summed E-state index contributed by atoms with van der Waals surface area (Å²) in [5.41, 5.74) is 4.44. The normalized spacial score (nSPS) is 10.5. The van der Waals surface area contributed by atoms with Crippen molar-refractivity contribution in [2.24, 2.45) is 0 Å². The van der Waals surface area contributed by atoms with E-state index in [1.807, 2.05) is 86.6 Å². The molecule has 0 spiro atoms. The molecule has 0 saturated heterocycles. The van der Waals surface area contributed by atoms with Crippen LogP contribution >= 0.6 is 0 Å². The van der Waals surface area contributed by atoms with Gasteiger partial charge in [0.15, 0.2) is 6.61 Å². The lowest BCUT2D eigenvalue weighted by Crippen LogP contribution is -2.12. The van der Waals surface area contributed by atoms with Crippen molar-refractivity contribution in [3.63, 3.8) is 0 Å². The minimum absolute atomic E-state index is 0.169. The van der Waals surface area contributed by atoms with Gasteiger partial charge in [0.25, 0.3) is 0 Å². The van der Waals surface area contributed by atoms with Crippen molar-refractivity contribution in [3.05, 3.63) is 118 Å². The van der Waals surface area contributed by atoms with Crippen molar-refractivity contribution in [1.29, 1.82) is 0 Å². The number of para-hydroxylation sites is 1. The fraction of sp³-hybridized carbons (Fsp3) is 0.235. The fourth-order valence-corrected chi connectivity index (χ4v) is 4.34. The molecule has 0 aromatic heterocycles. The summed E-state index contributed by atoms with van der Waals surface area (Å²) in [5.74, 6) is 0.528. The van der Waals surface area contributed by atoms with Crippen molar-refractivity contribution in [2.45, 2.75) is 40.6 Å². The molecule has 0 amide bonds. The molecule has 0 fully saturated rings. The van der Waals surface area contributed by atoms with Crippen LogP contribution in [-0.2, 0) is 29.4 Å². The first kappa shape index (κ1) is 30.0. The maximum Gasteiger partial charge on any atom is 0.342 e. The van der Waals surface area contributed by atoms with Crippen molar-refractivity contribution < 1.29 is 38.4 Å². The predicted octanol–water partition coefficient (Wildman–Crippen LogP) is 6.68. The van der Waals surface area contributed by atoms with E-state index in [1.165, 1.54) is 0 Å². The first-order valence-corrected chi connectivity index (χ1v) is 13.6. The molecule has 4 aromatic rings. The molecule has 8 nitrogen and oxygen atoms in total. The number of carboxylic acids is 1. The molecule has 0 saturated carbocycles. The lowest BCUT2D eigenvalue weighted by molar-refractivity contribution is -0.139.